The predicted molar refractivity (Wildman–Crippen MR) is 58.1 cm³/mol. The number of aromatic nitrogens is 2. The molecule has 0 unspecified atom stereocenters. The molecule has 0 saturated carbocycles. The predicted octanol–water partition coefficient (Wildman–Crippen LogP) is 1.17. The van der Waals surface area contributed by atoms with Crippen LogP contribution in [0.5, 0.6) is 0 Å². The fourth-order valence-electron chi connectivity index (χ4n) is 1.29. The number of nitrogens with one attached hydrogen (secondary N) is 2. The van der Waals surface area contributed by atoms with Gasteiger partial charge in [-0.15, -0.1) is 0 Å². The molecule has 16 heavy (non-hydrogen) atoms. The summed E-state index contributed by atoms with van der Waals surface area (Å²) in [6.07, 6.45) is 3.00. The molecule has 0 aliphatic heterocycles. The van der Waals surface area contributed by atoms with E-state index in [2.05, 4.69) is 15.5 Å². The number of rotatable bonds is 6. The number of carboxylic acids is 1. The number of aliphatic carboxylic acids is 1. The SMILES string of the molecule is CCc1cn[nH]c1NC(=O)CCCC(=O)O. The average Bonchev–Trinajstić information content (AvgIpc) is 2.64. The van der Waals surface area contributed by atoms with Gasteiger partial charge in [-0.25, -0.2) is 0 Å². The van der Waals surface area contributed by atoms with Crippen LogP contribution in [0.1, 0.15) is 31.7 Å². The number of aryl methyl sites for hydroxylation is 1. The third kappa shape index (κ3) is 3.72. The van der Waals surface area contributed by atoms with Gasteiger partial charge >= 0.3 is 5.97 Å². The maximum Gasteiger partial charge on any atom is 0.303 e. The zero-order valence-corrected chi connectivity index (χ0v) is 9.12. The highest BCUT2D eigenvalue weighted by Crippen LogP contribution is 2.11. The van der Waals surface area contributed by atoms with Crippen molar-refractivity contribution in [3.05, 3.63) is 11.8 Å². The summed E-state index contributed by atoms with van der Waals surface area (Å²) in [5.74, 6) is -0.480. The van der Waals surface area contributed by atoms with Crippen molar-refractivity contribution in [1.82, 2.24) is 10.2 Å². The molecule has 0 saturated heterocycles. The number of amides is 1. The van der Waals surface area contributed by atoms with Crippen molar-refractivity contribution in [3.63, 3.8) is 0 Å². The zero-order valence-electron chi connectivity index (χ0n) is 9.12. The smallest absolute Gasteiger partial charge is 0.303 e. The number of carboxylic acid groups (broad SMARTS) is 1. The van der Waals surface area contributed by atoms with E-state index in [-0.39, 0.29) is 18.7 Å². The standard InChI is InChI=1S/C10H15N3O3/c1-2-7-6-11-13-10(7)12-8(14)4-3-5-9(15)16/h6H,2-5H2,1H3,(H,15,16)(H2,11,12,13,14). The highest BCUT2D eigenvalue weighted by Gasteiger charge is 2.08. The average molecular weight is 225 g/mol. The number of hydrogen-bond acceptors (Lipinski definition) is 3. The number of carbonyl (C=O) groups is 2. The van der Waals surface area contributed by atoms with E-state index in [0.29, 0.717) is 12.2 Å². The minimum absolute atomic E-state index is 0.0109. The Kier molecular flexibility index (Phi) is 4.50. The van der Waals surface area contributed by atoms with Gasteiger partial charge in [-0.2, -0.15) is 5.10 Å². The summed E-state index contributed by atoms with van der Waals surface area (Å²) in [7, 11) is 0. The first kappa shape index (κ1) is 12.2. The van der Waals surface area contributed by atoms with Crippen molar-refractivity contribution in [2.45, 2.75) is 32.6 Å². The van der Waals surface area contributed by atoms with Crippen molar-refractivity contribution in [2.24, 2.45) is 0 Å². The number of aromatic amines is 1. The largest absolute Gasteiger partial charge is 0.481 e. The van der Waals surface area contributed by atoms with Crippen molar-refractivity contribution in [3.8, 4) is 0 Å². The topological polar surface area (TPSA) is 95.1 Å². The van der Waals surface area contributed by atoms with Gasteiger partial charge in [-0.05, 0) is 12.8 Å². The van der Waals surface area contributed by atoms with E-state index in [9.17, 15) is 9.59 Å². The monoisotopic (exact) mass is 225 g/mol. The minimum atomic E-state index is -0.886. The second-order valence-electron chi connectivity index (χ2n) is 3.42. The molecule has 1 amide bonds. The van der Waals surface area contributed by atoms with E-state index in [0.717, 1.165) is 12.0 Å². The van der Waals surface area contributed by atoms with Gasteiger partial charge in [0.1, 0.15) is 5.82 Å². The Balaban J connectivity index is 2.37. The first-order valence-corrected chi connectivity index (χ1v) is 5.17. The number of anilines is 1. The van der Waals surface area contributed by atoms with E-state index in [1.54, 1.807) is 6.20 Å². The van der Waals surface area contributed by atoms with Gasteiger partial charge in [-0.1, -0.05) is 6.92 Å². The first-order valence-electron chi connectivity index (χ1n) is 5.17. The Bertz CT molecular complexity index is 373. The Hall–Kier alpha value is -1.85. The lowest BCUT2D eigenvalue weighted by molar-refractivity contribution is -0.137. The lowest BCUT2D eigenvalue weighted by Gasteiger charge is -2.03. The van der Waals surface area contributed by atoms with Gasteiger partial charge in [0.15, 0.2) is 0 Å². The van der Waals surface area contributed by atoms with Crippen LogP contribution in [0.3, 0.4) is 0 Å². The number of hydrogen-bond donors (Lipinski definition) is 3. The van der Waals surface area contributed by atoms with Gasteiger partial charge in [0.2, 0.25) is 5.91 Å². The van der Waals surface area contributed by atoms with Crippen LogP contribution in [0, 0.1) is 0 Å². The normalized spacial score (nSPS) is 10.1. The molecule has 0 fully saturated rings. The van der Waals surface area contributed by atoms with Crippen LogP contribution in [-0.4, -0.2) is 27.2 Å². The maximum atomic E-state index is 11.4. The molecule has 3 N–H and O–H groups in total. The molecule has 0 aromatic carbocycles. The van der Waals surface area contributed by atoms with Crippen LogP contribution >= 0.6 is 0 Å². The van der Waals surface area contributed by atoms with Gasteiger partial charge < -0.3 is 10.4 Å². The van der Waals surface area contributed by atoms with Gasteiger partial charge in [0.05, 0.1) is 6.20 Å². The van der Waals surface area contributed by atoms with E-state index >= 15 is 0 Å². The van der Waals surface area contributed by atoms with Crippen molar-refractivity contribution < 1.29 is 14.7 Å². The molecule has 0 spiro atoms. The highest BCUT2D eigenvalue weighted by atomic mass is 16.4. The van der Waals surface area contributed by atoms with Crippen LogP contribution in [-0.2, 0) is 16.0 Å². The zero-order chi connectivity index (χ0) is 12.0. The van der Waals surface area contributed by atoms with E-state index in [1.807, 2.05) is 6.92 Å². The summed E-state index contributed by atoms with van der Waals surface area (Å²) < 4.78 is 0. The van der Waals surface area contributed by atoms with E-state index in [1.165, 1.54) is 0 Å². The Morgan fingerprint density at radius 3 is 2.88 bits per heavy atom. The van der Waals surface area contributed by atoms with Crippen LogP contribution < -0.4 is 5.32 Å². The molecular formula is C10H15N3O3. The first-order chi connectivity index (χ1) is 7.63. The Morgan fingerprint density at radius 2 is 2.25 bits per heavy atom. The van der Waals surface area contributed by atoms with Crippen molar-refractivity contribution >= 4 is 17.7 Å². The van der Waals surface area contributed by atoms with Crippen LogP contribution in [0.4, 0.5) is 5.82 Å². The molecule has 0 aliphatic carbocycles. The molecule has 6 heteroatoms. The number of carbonyl (C=O) groups excluding carboxylic acids is 1. The molecule has 1 aromatic heterocycles. The molecule has 1 aromatic rings. The van der Waals surface area contributed by atoms with Crippen molar-refractivity contribution in [2.75, 3.05) is 5.32 Å². The highest BCUT2D eigenvalue weighted by molar-refractivity contribution is 5.90. The summed E-state index contributed by atoms with van der Waals surface area (Å²) in [5, 5.41) is 17.6. The fourth-order valence-corrected chi connectivity index (χ4v) is 1.29. The van der Waals surface area contributed by atoms with Crippen LogP contribution in [0.2, 0.25) is 0 Å². The lowest BCUT2D eigenvalue weighted by atomic mass is 10.2. The molecule has 0 radical (unpaired) electrons. The van der Waals surface area contributed by atoms with E-state index in [4.69, 9.17) is 5.11 Å². The summed E-state index contributed by atoms with van der Waals surface area (Å²) in [5.41, 5.74) is 0.937. The second-order valence-corrected chi connectivity index (χ2v) is 3.42. The molecule has 6 nitrogen and oxygen atoms in total. The van der Waals surface area contributed by atoms with Gasteiger partial charge in [0, 0.05) is 18.4 Å². The number of H-pyrrole nitrogens is 1. The third-order valence-electron chi connectivity index (χ3n) is 2.16. The Labute approximate surface area is 93.1 Å². The molecule has 0 aliphatic rings. The molecule has 88 valence electrons. The molecule has 0 atom stereocenters. The quantitative estimate of drug-likeness (QED) is 0.677. The Morgan fingerprint density at radius 1 is 1.50 bits per heavy atom. The fraction of sp³-hybridized carbons (Fsp3) is 0.500. The summed E-state index contributed by atoms with van der Waals surface area (Å²) in [6, 6.07) is 0. The van der Waals surface area contributed by atoms with Crippen LogP contribution in [0.25, 0.3) is 0 Å². The summed E-state index contributed by atoms with van der Waals surface area (Å²) in [4.78, 5) is 21.7. The summed E-state index contributed by atoms with van der Waals surface area (Å²) in [6.45, 7) is 1.96. The molecule has 1 rings (SSSR count). The van der Waals surface area contributed by atoms with Gasteiger partial charge in [-0.3, -0.25) is 14.7 Å². The van der Waals surface area contributed by atoms with E-state index < -0.39 is 5.97 Å². The third-order valence-corrected chi connectivity index (χ3v) is 2.16. The number of nitrogens with zero attached hydrogens (tertiary/aromatic N) is 1. The van der Waals surface area contributed by atoms with Gasteiger partial charge in [0.25, 0.3) is 0 Å². The molecule has 0 bridgehead atoms. The van der Waals surface area contributed by atoms with Crippen molar-refractivity contribution in [1.29, 1.82) is 0 Å². The lowest BCUT2D eigenvalue weighted by Crippen LogP contribution is -2.13. The molecular weight excluding hydrogens is 210 g/mol. The maximum absolute atomic E-state index is 11.4. The second kappa shape index (κ2) is 5.89. The minimum Gasteiger partial charge on any atom is -0.481 e. The summed E-state index contributed by atoms with van der Waals surface area (Å²) >= 11 is 0. The van der Waals surface area contributed by atoms with Crippen LogP contribution in [0.15, 0.2) is 6.20 Å². The molecule has 1 heterocycles.